The number of hydrogen-bond donors (Lipinski definition) is 3. The Balaban J connectivity index is 1.84. The lowest BCUT2D eigenvalue weighted by Crippen LogP contribution is -2.36. The number of nitrogens with one attached hydrogen (secondary N) is 3. The number of rotatable bonds is 8. The van der Waals surface area contributed by atoms with Gasteiger partial charge in [-0.2, -0.15) is 0 Å². The lowest BCUT2D eigenvalue weighted by Gasteiger charge is -2.18. The van der Waals surface area contributed by atoms with Gasteiger partial charge in [0.15, 0.2) is 6.23 Å². The molecule has 3 rings (SSSR count). The van der Waals surface area contributed by atoms with Gasteiger partial charge < -0.3 is 20.7 Å². The summed E-state index contributed by atoms with van der Waals surface area (Å²) in [5, 5.41) is 9.31. The van der Waals surface area contributed by atoms with E-state index in [0.717, 1.165) is 17.1 Å². The standard InChI is InChI=1S/C25H25N3O3/c1-17(2)25(30)31-18(3)26-24(29)22-15-14-21(27-19-10-6-4-7-11-19)16-23(22)28-20-12-8-5-9-13-20/h4-16,18,27-28H,1H2,2-3H3,(H,26,29). The molecule has 1 amide bonds. The zero-order valence-corrected chi connectivity index (χ0v) is 17.5. The lowest BCUT2D eigenvalue weighted by atomic mass is 10.1. The van der Waals surface area contributed by atoms with E-state index in [9.17, 15) is 9.59 Å². The molecule has 31 heavy (non-hydrogen) atoms. The van der Waals surface area contributed by atoms with E-state index < -0.39 is 12.2 Å². The van der Waals surface area contributed by atoms with Crippen LogP contribution in [0.4, 0.5) is 22.7 Å². The summed E-state index contributed by atoms with van der Waals surface area (Å²) in [4.78, 5) is 24.6. The van der Waals surface area contributed by atoms with Crippen molar-refractivity contribution in [3.63, 3.8) is 0 Å². The minimum atomic E-state index is -0.802. The molecule has 0 spiro atoms. The Bertz CT molecular complexity index is 1070. The van der Waals surface area contributed by atoms with Gasteiger partial charge in [0.2, 0.25) is 0 Å². The fourth-order valence-electron chi connectivity index (χ4n) is 2.84. The predicted octanol–water partition coefficient (Wildman–Crippen LogP) is 5.37. The minimum Gasteiger partial charge on any atom is -0.439 e. The summed E-state index contributed by atoms with van der Waals surface area (Å²) in [6.07, 6.45) is -0.802. The van der Waals surface area contributed by atoms with E-state index in [0.29, 0.717) is 11.3 Å². The second-order valence-electron chi connectivity index (χ2n) is 7.04. The number of ether oxygens (including phenoxy) is 1. The fraction of sp³-hybridized carbons (Fsp3) is 0.120. The van der Waals surface area contributed by atoms with Crippen LogP contribution in [0, 0.1) is 0 Å². The van der Waals surface area contributed by atoms with Crippen LogP contribution in [0.3, 0.4) is 0 Å². The number of amides is 1. The third-order valence-corrected chi connectivity index (χ3v) is 4.35. The third kappa shape index (κ3) is 6.21. The van der Waals surface area contributed by atoms with Crippen molar-refractivity contribution in [2.45, 2.75) is 20.1 Å². The molecule has 6 heteroatoms. The summed E-state index contributed by atoms with van der Waals surface area (Å²) in [7, 11) is 0. The smallest absolute Gasteiger partial charge is 0.335 e. The van der Waals surface area contributed by atoms with E-state index in [1.54, 1.807) is 19.9 Å². The van der Waals surface area contributed by atoms with Crippen molar-refractivity contribution in [1.82, 2.24) is 5.32 Å². The lowest BCUT2D eigenvalue weighted by molar-refractivity contribution is -0.144. The molecule has 0 aliphatic heterocycles. The average Bonchev–Trinajstić information content (AvgIpc) is 2.75. The summed E-state index contributed by atoms with van der Waals surface area (Å²) in [6, 6.07) is 24.7. The van der Waals surface area contributed by atoms with Gasteiger partial charge >= 0.3 is 5.97 Å². The summed E-state index contributed by atoms with van der Waals surface area (Å²) >= 11 is 0. The Hall–Kier alpha value is -4.06. The highest BCUT2D eigenvalue weighted by Gasteiger charge is 2.17. The average molecular weight is 415 g/mol. The van der Waals surface area contributed by atoms with Crippen LogP contribution in [0.5, 0.6) is 0 Å². The molecule has 0 saturated carbocycles. The first-order chi connectivity index (χ1) is 14.9. The number of benzene rings is 3. The molecule has 0 bridgehead atoms. The first kappa shape index (κ1) is 21.6. The molecule has 0 aromatic heterocycles. The summed E-state index contributed by atoms with van der Waals surface area (Å²) in [6.45, 7) is 6.69. The molecule has 1 unspecified atom stereocenters. The second kappa shape index (κ2) is 10.1. The van der Waals surface area contributed by atoms with Crippen molar-refractivity contribution in [3.05, 3.63) is 96.6 Å². The van der Waals surface area contributed by atoms with Gasteiger partial charge in [-0.05, 0) is 56.3 Å². The minimum absolute atomic E-state index is 0.267. The topological polar surface area (TPSA) is 79.5 Å². The van der Waals surface area contributed by atoms with Crippen molar-refractivity contribution in [2.75, 3.05) is 10.6 Å². The van der Waals surface area contributed by atoms with Crippen molar-refractivity contribution in [1.29, 1.82) is 0 Å². The predicted molar refractivity (Wildman–Crippen MR) is 124 cm³/mol. The largest absolute Gasteiger partial charge is 0.439 e. The van der Waals surface area contributed by atoms with E-state index in [1.807, 2.05) is 72.8 Å². The van der Waals surface area contributed by atoms with Crippen molar-refractivity contribution < 1.29 is 14.3 Å². The summed E-state index contributed by atoms with van der Waals surface area (Å²) in [5.74, 6) is -0.926. The van der Waals surface area contributed by atoms with Crippen molar-refractivity contribution >= 4 is 34.6 Å². The number of carbonyl (C=O) groups is 2. The molecule has 0 heterocycles. The quantitative estimate of drug-likeness (QED) is 0.262. The van der Waals surface area contributed by atoms with Gasteiger partial charge in [0.1, 0.15) is 0 Å². The molecule has 158 valence electrons. The normalized spacial score (nSPS) is 11.2. The van der Waals surface area contributed by atoms with Gasteiger partial charge in [-0.1, -0.05) is 43.0 Å². The van der Waals surface area contributed by atoms with Crippen LogP contribution in [0.1, 0.15) is 24.2 Å². The Kier molecular flexibility index (Phi) is 7.06. The maximum absolute atomic E-state index is 12.9. The van der Waals surface area contributed by atoms with E-state index in [4.69, 9.17) is 4.74 Å². The molecule has 0 radical (unpaired) electrons. The van der Waals surface area contributed by atoms with Gasteiger partial charge in [0, 0.05) is 22.6 Å². The van der Waals surface area contributed by atoms with E-state index in [2.05, 4.69) is 22.5 Å². The van der Waals surface area contributed by atoms with Gasteiger partial charge in [-0.25, -0.2) is 4.79 Å². The molecule has 3 N–H and O–H groups in total. The van der Waals surface area contributed by atoms with Crippen molar-refractivity contribution in [2.24, 2.45) is 0 Å². The van der Waals surface area contributed by atoms with Crippen LogP contribution in [0.15, 0.2) is 91.0 Å². The Morgan fingerprint density at radius 2 is 1.42 bits per heavy atom. The molecule has 1 atom stereocenters. The molecule has 3 aromatic rings. The maximum atomic E-state index is 12.9. The second-order valence-corrected chi connectivity index (χ2v) is 7.04. The first-order valence-electron chi connectivity index (χ1n) is 9.88. The number of hydrogen-bond acceptors (Lipinski definition) is 5. The van der Waals surface area contributed by atoms with Gasteiger partial charge in [-0.3, -0.25) is 4.79 Å². The molecule has 3 aromatic carbocycles. The first-order valence-corrected chi connectivity index (χ1v) is 9.88. The number of carbonyl (C=O) groups excluding carboxylic acids is 2. The maximum Gasteiger partial charge on any atom is 0.335 e. The monoisotopic (exact) mass is 415 g/mol. The zero-order valence-electron chi connectivity index (χ0n) is 17.5. The van der Waals surface area contributed by atoms with E-state index in [1.165, 1.54) is 0 Å². The number of esters is 1. The fourth-order valence-corrected chi connectivity index (χ4v) is 2.84. The van der Waals surface area contributed by atoms with Crippen LogP contribution in [0.2, 0.25) is 0 Å². The molecule has 6 nitrogen and oxygen atoms in total. The third-order valence-electron chi connectivity index (χ3n) is 4.35. The summed E-state index contributed by atoms with van der Waals surface area (Å²) < 4.78 is 5.16. The van der Waals surface area contributed by atoms with Crippen LogP contribution in [-0.4, -0.2) is 18.1 Å². The Morgan fingerprint density at radius 1 is 0.839 bits per heavy atom. The van der Waals surface area contributed by atoms with Gasteiger partial charge in [0.25, 0.3) is 5.91 Å². The molecule has 0 aliphatic rings. The molecule has 0 fully saturated rings. The van der Waals surface area contributed by atoms with Crippen LogP contribution >= 0.6 is 0 Å². The van der Waals surface area contributed by atoms with Gasteiger partial charge in [-0.15, -0.1) is 0 Å². The molecular formula is C25H25N3O3. The zero-order chi connectivity index (χ0) is 22.2. The van der Waals surface area contributed by atoms with Crippen LogP contribution in [0.25, 0.3) is 0 Å². The molecular weight excluding hydrogens is 390 g/mol. The number of para-hydroxylation sites is 2. The van der Waals surface area contributed by atoms with Crippen molar-refractivity contribution in [3.8, 4) is 0 Å². The Morgan fingerprint density at radius 3 is 2.00 bits per heavy atom. The highest BCUT2D eigenvalue weighted by Crippen LogP contribution is 2.27. The molecule has 0 aliphatic carbocycles. The van der Waals surface area contributed by atoms with Gasteiger partial charge in [0.05, 0.1) is 11.3 Å². The Labute approximate surface area is 181 Å². The van der Waals surface area contributed by atoms with Crippen LogP contribution < -0.4 is 16.0 Å². The highest BCUT2D eigenvalue weighted by atomic mass is 16.6. The SMILES string of the molecule is C=C(C)C(=O)OC(C)NC(=O)c1ccc(Nc2ccccc2)cc1Nc1ccccc1. The summed E-state index contributed by atoms with van der Waals surface area (Å²) in [5.41, 5.74) is 3.90. The number of anilines is 4. The highest BCUT2D eigenvalue weighted by molar-refractivity contribution is 6.01. The van der Waals surface area contributed by atoms with E-state index in [-0.39, 0.29) is 11.5 Å². The van der Waals surface area contributed by atoms with Crippen LogP contribution in [-0.2, 0) is 9.53 Å². The molecule has 0 saturated heterocycles. The van der Waals surface area contributed by atoms with E-state index >= 15 is 0 Å².